The van der Waals surface area contributed by atoms with E-state index in [1.54, 1.807) is 14.0 Å². The average molecular weight is 342 g/mol. The third-order valence-electron chi connectivity index (χ3n) is 3.46. The molecule has 0 N–H and O–H groups in total. The third-order valence-corrected chi connectivity index (χ3v) is 3.95. The Morgan fingerprint density at radius 2 is 2.35 bits per heavy atom. The van der Waals surface area contributed by atoms with Crippen molar-refractivity contribution in [2.75, 3.05) is 26.8 Å². The van der Waals surface area contributed by atoms with Crippen molar-refractivity contribution in [2.24, 2.45) is 5.92 Å². The van der Waals surface area contributed by atoms with Gasteiger partial charge in [-0.15, -0.1) is 0 Å². The smallest absolute Gasteiger partial charge is 0.263 e. The summed E-state index contributed by atoms with van der Waals surface area (Å²) in [6.45, 7) is 4.06. The van der Waals surface area contributed by atoms with Gasteiger partial charge in [0.15, 0.2) is 6.10 Å². The maximum atomic E-state index is 12.3. The lowest BCUT2D eigenvalue weighted by Crippen LogP contribution is -2.39. The van der Waals surface area contributed by atoms with E-state index in [0.29, 0.717) is 18.3 Å². The van der Waals surface area contributed by atoms with Crippen LogP contribution >= 0.6 is 15.9 Å². The van der Waals surface area contributed by atoms with E-state index in [2.05, 4.69) is 15.9 Å². The van der Waals surface area contributed by atoms with Gasteiger partial charge in [0, 0.05) is 30.6 Å². The van der Waals surface area contributed by atoms with E-state index in [0.717, 1.165) is 24.0 Å². The number of methoxy groups -OCH3 is 1. The van der Waals surface area contributed by atoms with E-state index in [1.165, 1.54) is 0 Å². The Labute approximate surface area is 128 Å². The molecule has 1 fully saturated rings. The fourth-order valence-corrected chi connectivity index (χ4v) is 2.83. The summed E-state index contributed by atoms with van der Waals surface area (Å²) in [4.78, 5) is 14.2. The van der Waals surface area contributed by atoms with Crippen molar-refractivity contribution in [1.82, 2.24) is 4.90 Å². The van der Waals surface area contributed by atoms with Crippen LogP contribution in [-0.4, -0.2) is 43.7 Å². The number of hydrogen-bond donors (Lipinski definition) is 0. The number of carbonyl (C=O) groups excluding carboxylic acids is 1. The summed E-state index contributed by atoms with van der Waals surface area (Å²) in [5.41, 5.74) is 0. The Balaban J connectivity index is 1.89. The number of nitrogens with zero attached hydrogens (tertiary/aromatic N) is 1. The molecule has 0 radical (unpaired) electrons. The minimum Gasteiger partial charge on any atom is -0.481 e. The second kappa shape index (κ2) is 7.09. The topological polar surface area (TPSA) is 38.8 Å². The van der Waals surface area contributed by atoms with Crippen LogP contribution in [0, 0.1) is 5.92 Å². The molecule has 1 heterocycles. The fraction of sp³-hybridized carbons (Fsp3) is 0.533. The maximum absolute atomic E-state index is 12.3. The van der Waals surface area contributed by atoms with Gasteiger partial charge in [-0.05, 0) is 31.5 Å². The first kappa shape index (κ1) is 15.3. The molecule has 1 aromatic carbocycles. The Morgan fingerprint density at radius 3 is 3.05 bits per heavy atom. The lowest BCUT2D eigenvalue weighted by atomic mass is 10.1. The van der Waals surface area contributed by atoms with Gasteiger partial charge in [-0.2, -0.15) is 0 Å². The first-order valence-electron chi connectivity index (χ1n) is 6.80. The molecule has 2 atom stereocenters. The quantitative estimate of drug-likeness (QED) is 0.826. The zero-order chi connectivity index (χ0) is 14.5. The Hall–Kier alpha value is -1.07. The van der Waals surface area contributed by atoms with Gasteiger partial charge in [0.2, 0.25) is 0 Å². The van der Waals surface area contributed by atoms with E-state index in [1.807, 2.05) is 29.2 Å². The van der Waals surface area contributed by atoms with E-state index < -0.39 is 6.10 Å². The summed E-state index contributed by atoms with van der Waals surface area (Å²) in [6.07, 6.45) is 0.536. The molecule has 1 saturated heterocycles. The third kappa shape index (κ3) is 3.96. The summed E-state index contributed by atoms with van der Waals surface area (Å²) >= 11 is 3.39. The van der Waals surface area contributed by atoms with E-state index >= 15 is 0 Å². The van der Waals surface area contributed by atoms with Gasteiger partial charge in [-0.25, -0.2) is 0 Å². The Morgan fingerprint density at radius 1 is 1.55 bits per heavy atom. The molecule has 4 nitrogen and oxygen atoms in total. The fourth-order valence-electron chi connectivity index (χ4n) is 2.46. The van der Waals surface area contributed by atoms with Crippen LogP contribution in [0.2, 0.25) is 0 Å². The predicted octanol–water partition coefficient (Wildman–Crippen LogP) is 2.71. The largest absolute Gasteiger partial charge is 0.481 e. The molecular weight excluding hydrogens is 322 g/mol. The SMILES string of the molecule is COC[C@H]1CCN(C(=O)[C@H](C)Oc2cccc(Br)c2)C1. The average Bonchev–Trinajstić information content (AvgIpc) is 2.87. The highest BCUT2D eigenvalue weighted by Crippen LogP contribution is 2.21. The Bertz CT molecular complexity index is 466. The van der Waals surface area contributed by atoms with Crippen LogP contribution in [-0.2, 0) is 9.53 Å². The van der Waals surface area contributed by atoms with E-state index in [4.69, 9.17) is 9.47 Å². The molecule has 2 rings (SSSR count). The highest BCUT2D eigenvalue weighted by molar-refractivity contribution is 9.10. The van der Waals surface area contributed by atoms with Gasteiger partial charge >= 0.3 is 0 Å². The van der Waals surface area contributed by atoms with Crippen molar-refractivity contribution < 1.29 is 14.3 Å². The highest BCUT2D eigenvalue weighted by atomic mass is 79.9. The van der Waals surface area contributed by atoms with Crippen molar-refractivity contribution >= 4 is 21.8 Å². The lowest BCUT2D eigenvalue weighted by Gasteiger charge is -2.22. The van der Waals surface area contributed by atoms with Crippen molar-refractivity contribution in [3.05, 3.63) is 28.7 Å². The number of hydrogen-bond acceptors (Lipinski definition) is 3. The van der Waals surface area contributed by atoms with E-state index in [9.17, 15) is 4.79 Å². The van der Waals surface area contributed by atoms with Crippen LogP contribution in [0.5, 0.6) is 5.75 Å². The number of halogens is 1. The van der Waals surface area contributed by atoms with Crippen molar-refractivity contribution in [3.63, 3.8) is 0 Å². The molecule has 0 spiro atoms. The molecule has 110 valence electrons. The number of amides is 1. The summed E-state index contributed by atoms with van der Waals surface area (Å²) in [5, 5.41) is 0. The monoisotopic (exact) mass is 341 g/mol. The maximum Gasteiger partial charge on any atom is 0.263 e. The molecule has 0 bridgehead atoms. The zero-order valence-electron chi connectivity index (χ0n) is 11.8. The van der Waals surface area contributed by atoms with Crippen LogP contribution in [0.15, 0.2) is 28.7 Å². The van der Waals surface area contributed by atoms with Crippen LogP contribution in [0.1, 0.15) is 13.3 Å². The van der Waals surface area contributed by atoms with Crippen LogP contribution in [0.4, 0.5) is 0 Å². The summed E-state index contributed by atoms with van der Waals surface area (Å²) in [7, 11) is 1.70. The molecule has 0 saturated carbocycles. The zero-order valence-corrected chi connectivity index (χ0v) is 13.4. The van der Waals surface area contributed by atoms with Gasteiger partial charge < -0.3 is 14.4 Å². The van der Waals surface area contributed by atoms with Crippen molar-refractivity contribution in [2.45, 2.75) is 19.4 Å². The Kier molecular flexibility index (Phi) is 5.43. The summed E-state index contributed by atoms with van der Waals surface area (Å²) in [6, 6.07) is 7.53. The molecule has 1 aromatic rings. The molecular formula is C15H20BrNO3. The first-order chi connectivity index (χ1) is 9.60. The molecule has 1 aliphatic rings. The molecule has 0 aliphatic carbocycles. The molecule has 1 aliphatic heterocycles. The number of likely N-dealkylation sites (tertiary alicyclic amines) is 1. The molecule has 5 heteroatoms. The first-order valence-corrected chi connectivity index (χ1v) is 7.59. The standard InChI is InChI=1S/C15H20BrNO3/c1-11(20-14-5-3-4-13(16)8-14)15(18)17-7-6-12(9-17)10-19-2/h3-5,8,11-12H,6-7,9-10H2,1-2H3/t11-,12-/m0/s1. The minimum atomic E-state index is -0.467. The van der Waals surface area contributed by atoms with E-state index in [-0.39, 0.29) is 5.91 Å². The molecule has 0 unspecified atom stereocenters. The number of rotatable bonds is 5. The van der Waals surface area contributed by atoms with Gasteiger partial charge in [-0.1, -0.05) is 22.0 Å². The highest BCUT2D eigenvalue weighted by Gasteiger charge is 2.29. The van der Waals surface area contributed by atoms with Gasteiger partial charge in [-0.3, -0.25) is 4.79 Å². The van der Waals surface area contributed by atoms with Gasteiger partial charge in [0.25, 0.3) is 5.91 Å². The van der Waals surface area contributed by atoms with Crippen LogP contribution in [0.3, 0.4) is 0 Å². The number of benzene rings is 1. The number of ether oxygens (including phenoxy) is 2. The molecule has 20 heavy (non-hydrogen) atoms. The minimum absolute atomic E-state index is 0.0450. The van der Waals surface area contributed by atoms with Crippen molar-refractivity contribution in [3.8, 4) is 5.75 Å². The molecule has 0 aromatic heterocycles. The lowest BCUT2D eigenvalue weighted by molar-refractivity contribution is -0.137. The second-order valence-electron chi connectivity index (χ2n) is 5.11. The molecule has 1 amide bonds. The number of carbonyl (C=O) groups is 1. The summed E-state index contributed by atoms with van der Waals surface area (Å²) < 4.78 is 11.8. The van der Waals surface area contributed by atoms with Crippen molar-refractivity contribution in [1.29, 1.82) is 0 Å². The normalized spacial score (nSPS) is 19.9. The van der Waals surface area contributed by atoms with Gasteiger partial charge in [0.1, 0.15) is 5.75 Å². The second-order valence-corrected chi connectivity index (χ2v) is 6.03. The van der Waals surface area contributed by atoms with Crippen LogP contribution in [0.25, 0.3) is 0 Å². The summed E-state index contributed by atoms with van der Waals surface area (Å²) in [5.74, 6) is 1.19. The van der Waals surface area contributed by atoms with Crippen LogP contribution < -0.4 is 4.74 Å². The van der Waals surface area contributed by atoms with Gasteiger partial charge in [0.05, 0.1) is 6.61 Å². The predicted molar refractivity (Wildman–Crippen MR) is 80.8 cm³/mol.